The van der Waals surface area contributed by atoms with Gasteiger partial charge in [-0.25, -0.2) is 9.97 Å². The number of aliphatic hydroxyl groups excluding tert-OH is 1. The molecule has 0 fully saturated rings. The molecule has 0 unspecified atom stereocenters. The van der Waals surface area contributed by atoms with Gasteiger partial charge in [-0.2, -0.15) is 4.57 Å². The molecule has 0 aromatic carbocycles. The third-order valence-corrected chi connectivity index (χ3v) is 4.00. The summed E-state index contributed by atoms with van der Waals surface area (Å²) in [4.78, 5) is 9.53. The minimum atomic E-state index is 0. The first kappa shape index (κ1) is 22.8. The third-order valence-electron chi connectivity index (χ3n) is 2.85. The van der Waals surface area contributed by atoms with Gasteiger partial charge in [0.1, 0.15) is 11.6 Å². The summed E-state index contributed by atoms with van der Waals surface area (Å²) < 4.78 is 2.11. The maximum atomic E-state index is 8.98. The van der Waals surface area contributed by atoms with Gasteiger partial charge in [-0.05, 0) is 6.92 Å². The molecule has 0 aliphatic heterocycles. The second kappa shape index (κ2) is 10.3. The topological polar surface area (TPSA) is 75.9 Å². The number of hydrogen-bond acceptors (Lipinski definition) is 5. The van der Waals surface area contributed by atoms with E-state index in [4.69, 9.17) is 10.8 Å². The molecule has 2 aromatic rings. The molecule has 2 rings (SSSR count). The van der Waals surface area contributed by atoms with Gasteiger partial charge in [0.15, 0.2) is 12.2 Å². The number of nitrogens with zero attached hydrogens (tertiary/aromatic N) is 3. The van der Waals surface area contributed by atoms with Crippen molar-refractivity contribution < 1.29 is 39.1 Å². The summed E-state index contributed by atoms with van der Waals surface area (Å²) in [5, 5.41) is 8.98. The predicted molar refractivity (Wildman–Crippen MR) is 77.6 cm³/mol. The number of anilines is 1. The van der Waals surface area contributed by atoms with Crippen molar-refractivity contribution in [2.45, 2.75) is 26.8 Å². The van der Waals surface area contributed by atoms with Crippen LogP contribution in [0.5, 0.6) is 0 Å². The minimum Gasteiger partial charge on any atom is -1.00 e. The van der Waals surface area contributed by atoms with Crippen LogP contribution in [0.15, 0.2) is 11.7 Å². The van der Waals surface area contributed by atoms with Gasteiger partial charge >= 0.3 is 0 Å². The summed E-state index contributed by atoms with van der Waals surface area (Å²) in [7, 11) is 0. The SMILES string of the molecule is Cc1ncc(C[n+]2csc(CCO)c2C)c(N)n1.Cl.[Cl-].[Fe]. The van der Waals surface area contributed by atoms with E-state index >= 15 is 0 Å². The molecule has 9 heteroatoms. The molecule has 0 amide bonds. The summed E-state index contributed by atoms with van der Waals surface area (Å²) in [5.41, 5.74) is 10.0. The maximum absolute atomic E-state index is 8.98. The molecule has 21 heavy (non-hydrogen) atoms. The van der Waals surface area contributed by atoms with Crippen molar-refractivity contribution in [3.8, 4) is 0 Å². The summed E-state index contributed by atoms with van der Waals surface area (Å²) in [6.07, 6.45) is 2.47. The molecule has 0 aliphatic rings. The van der Waals surface area contributed by atoms with E-state index in [1.807, 2.05) is 19.4 Å². The zero-order chi connectivity index (χ0) is 13.1. The number of rotatable bonds is 4. The van der Waals surface area contributed by atoms with Gasteiger partial charge < -0.3 is 23.2 Å². The van der Waals surface area contributed by atoms with Crippen LogP contribution in [0, 0.1) is 13.8 Å². The Labute approximate surface area is 151 Å². The van der Waals surface area contributed by atoms with Gasteiger partial charge in [-0.3, -0.25) is 0 Å². The van der Waals surface area contributed by atoms with Gasteiger partial charge in [0, 0.05) is 43.2 Å². The van der Waals surface area contributed by atoms with E-state index in [2.05, 4.69) is 14.5 Å². The molecule has 0 atom stereocenters. The number of aromatic nitrogens is 3. The molecule has 2 aromatic heterocycles. The van der Waals surface area contributed by atoms with Crippen LogP contribution in [-0.2, 0) is 30.0 Å². The fraction of sp³-hybridized carbons (Fsp3) is 0.417. The fourth-order valence-electron chi connectivity index (χ4n) is 1.77. The Morgan fingerprint density at radius 1 is 1.38 bits per heavy atom. The number of halogens is 2. The predicted octanol–water partition coefficient (Wildman–Crippen LogP) is -1.97. The van der Waals surface area contributed by atoms with Gasteiger partial charge in [0.05, 0.1) is 10.4 Å². The summed E-state index contributed by atoms with van der Waals surface area (Å²) >= 11 is 1.65. The molecule has 0 bridgehead atoms. The number of nitrogens with two attached hydrogens (primary N) is 1. The molecule has 5 nitrogen and oxygen atoms in total. The van der Waals surface area contributed by atoms with E-state index in [-0.39, 0.29) is 48.5 Å². The Kier molecular flexibility index (Phi) is 11.2. The monoisotopic (exact) mass is 392 g/mol. The Morgan fingerprint density at radius 2 is 2.05 bits per heavy atom. The normalized spacial score (nSPS) is 9.29. The Balaban J connectivity index is 0. The third kappa shape index (κ3) is 5.69. The zero-order valence-electron chi connectivity index (χ0n) is 11.7. The van der Waals surface area contributed by atoms with Crippen LogP contribution in [0.4, 0.5) is 5.82 Å². The molecule has 120 valence electrons. The molecule has 2 heterocycles. The van der Waals surface area contributed by atoms with Crippen molar-refractivity contribution in [1.29, 1.82) is 0 Å². The van der Waals surface area contributed by atoms with Crippen LogP contribution in [0.2, 0.25) is 0 Å². The van der Waals surface area contributed by atoms with Crippen LogP contribution in [0.25, 0.3) is 0 Å². The summed E-state index contributed by atoms with van der Waals surface area (Å²) in [6, 6.07) is 0. The van der Waals surface area contributed by atoms with Crippen molar-refractivity contribution in [1.82, 2.24) is 9.97 Å². The molecular formula is C12H18Cl2FeN4OS. The molecule has 0 saturated carbocycles. The fourth-order valence-corrected chi connectivity index (χ4v) is 2.75. The number of nitrogen functional groups attached to an aromatic ring is 1. The standard InChI is InChI=1S/C12H17N4OS.2ClH.Fe/c1-8-11(3-4-17)18-7-16(8)6-10-5-14-9(2)15-12(10)13;;;/h5,7,17H,3-4,6H2,1-2H3,(H2,13,14,15);2*1H;/q+1;;;/p-1. The zero-order valence-corrected chi connectivity index (χ0v) is 15.2. The number of aryl methyl sites for hydroxylation is 1. The largest absolute Gasteiger partial charge is 1.00 e. The van der Waals surface area contributed by atoms with Gasteiger partial charge in [0.2, 0.25) is 5.51 Å². The second-order valence-electron chi connectivity index (χ2n) is 4.16. The average Bonchev–Trinajstić information content (AvgIpc) is 2.66. The molecule has 0 spiro atoms. The van der Waals surface area contributed by atoms with E-state index in [9.17, 15) is 0 Å². The van der Waals surface area contributed by atoms with E-state index in [1.165, 1.54) is 4.88 Å². The van der Waals surface area contributed by atoms with Crippen molar-refractivity contribution in [2.75, 3.05) is 12.3 Å². The van der Waals surface area contributed by atoms with Crippen molar-refractivity contribution in [3.63, 3.8) is 0 Å². The molecular weight excluding hydrogens is 375 g/mol. The molecule has 0 aliphatic carbocycles. The van der Waals surface area contributed by atoms with Crippen LogP contribution in [0.3, 0.4) is 0 Å². The first-order valence-corrected chi connectivity index (χ1v) is 6.65. The minimum absolute atomic E-state index is 0. The summed E-state index contributed by atoms with van der Waals surface area (Å²) in [5.74, 6) is 1.22. The Morgan fingerprint density at radius 3 is 2.62 bits per heavy atom. The smallest absolute Gasteiger partial charge is 0.225 e. The molecule has 0 radical (unpaired) electrons. The van der Waals surface area contributed by atoms with Crippen molar-refractivity contribution in [2.24, 2.45) is 0 Å². The van der Waals surface area contributed by atoms with E-state index in [0.717, 1.165) is 11.3 Å². The Bertz CT molecular complexity index is 568. The Hall–Kier alpha value is -0.431. The van der Waals surface area contributed by atoms with Crippen LogP contribution < -0.4 is 22.7 Å². The second-order valence-corrected chi connectivity index (χ2v) is 5.10. The van der Waals surface area contributed by atoms with Gasteiger partial charge in [0.25, 0.3) is 0 Å². The van der Waals surface area contributed by atoms with E-state index in [0.29, 0.717) is 24.6 Å². The number of thiazole rings is 1. The average molecular weight is 393 g/mol. The van der Waals surface area contributed by atoms with Crippen LogP contribution >= 0.6 is 23.7 Å². The summed E-state index contributed by atoms with van der Waals surface area (Å²) in [6.45, 7) is 4.71. The quantitative estimate of drug-likeness (QED) is 0.467. The van der Waals surface area contributed by atoms with E-state index in [1.54, 1.807) is 17.5 Å². The first-order valence-electron chi connectivity index (χ1n) is 5.77. The van der Waals surface area contributed by atoms with Gasteiger partial charge in [-0.15, -0.1) is 12.4 Å². The van der Waals surface area contributed by atoms with Crippen molar-refractivity contribution >= 4 is 29.6 Å². The molecule has 0 saturated heterocycles. The van der Waals surface area contributed by atoms with Crippen LogP contribution in [-0.4, -0.2) is 21.7 Å². The van der Waals surface area contributed by atoms with Gasteiger partial charge in [-0.1, -0.05) is 11.3 Å². The first-order chi connectivity index (χ1) is 8.61. The molecule has 3 N–H and O–H groups in total. The van der Waals surface area contributed by atoms with E-state index < -0.39 is 0 Å². The van der Waals surface area contributed by atoms with Crippen molar-refractivity contribution in [3.05, 3.63) is 33.7 Å². The van der Waals surface area contributed by atoms with Crippen LogP contribution in [0.1, 0.15) is 22.0 Å². The number of hydrogen-bond donors (Lipinski definition) is 2. The maximum Gasteiger partial charge on any atom is 0.225 e. The number of aliphatic hydroxyl groups is 1.